The van der Waals surface area contributed by atoms with Gasteiger partial charge < -0.3 is 20.1 Å². The van der Waals surface area contributed by atoms with Gasteiger partial charge in [0.25, 0.3) is 0 Å². The monoisotopic (exact) mass is 426 g/mol. The first-order chi connectivity index (χ1) is 13.2. The molecule has 3 aliphatic rings. The summed E-state index contributed by atoms with van der Waals surface area (Å²) in [5.41, 5.74) is 2.64. The molecule has 0 radical (unpaired) electrons. The molecule has 13 heteroatoms. The van der Waals surface area contributed by atoms with Gasteiger partial charge in [0.05, 0.1) is 11.2 Å². The summed E-state index contributed by atoms with van der Waals surface area (Å²) in [5.74, 6) is -2.21. The maximum absolute atomic E-state index is 13.9. The first kappa shape index (κ1) is 19.7. The Labute approximate surface area is 158 Å². The van der Waals surface area contributed by atoms with Crippen LogP contribution in [0.4, 0.5) is 36.6 Å². The molecule has 3 N–H and O–H groups in total. The van der Waals surface area contributed by atoms with Gasteiger partial charge in [-0.3, -0.25) is 0 Å². The number of ether oxygens (including phenoxy) is 1. The van der Waals surface area contributed by atoms with Crippen molar-refractivity contribution in [2.45, 2.75) is 49.1 Å². The first-order valence-electron chi connectivity index (χ1n) is 8.27. The molecule has 5 rings (SSSR count). The SMILES string of the molecule is Nc1ncc(-c2cn(C34CC(F)(C3)C4)c([C@H](O)C(F)(F)F)n2)cc1OC(F)(F)F. The van der Waals surface area contributed by atoms with Crippen molar-refractivity contribution in [1.29, 1.82) is 0 Å². The molecule has 0 spiro atoms. The number of anilines is 1. The molecular formula is C16H13F7N4O2. The lowest BCUT2D eigenvalue weighted by atomic mass is 9.47. The van der Waals surface area contributed by atoms with Crippen molar-refractivity contribution >= 4 is 5.82 Å². The maximum Gasteiger partial charge on any atom is 0.573 e. The molecule has 0 unspecified atom stereocenters. The van der Waals surface area contributed by atoms with Crippen molar-refractivity contribution in [3.8, 4) is 17.0 Å². The van der Waals surface area contributed by atoms with Gasteiger partial charge in [-0.1, -0.05) is 0 Å². The molecule has 3 saturated carbocycles. The van der Waals surface area contributed by atoms with Crippen LogP contribution in [0.15, 0.2) is 18.5 Å². The van der Waals surface area contributed by atoms with Gasteiger partial charge in [-0.15, -0.1) is 13.2 Å². The van der Waals surface area contributed by atoms with Gasteiger partial charge in [-0.05, 0) is 6.07 Å². The average molecular weight is 426 g/mol. The molecule has 3 fully saturated rings. The number of aliphatic hydroxyl groups is 1. The van der Waals surface area contributed by atoms with Gasteiger partial charge in [0.15, 0.2) is 11.6 Å². The number of hydrogen-bond donors (Lipinski definition) is 2. The van der Waals surface area contributed by atoms with Crippen molar-refractivity contribution in [1.82, 2.24) is 14.5 Å². The van der Waals surface area contributed by atoms with E-state index in [-0.39, 0.29) is 30.5 Å². The number of aliphatic hydroxyl groups excluding tert-OH is 1. The third kappa shape index (κ3) is 3.26. The molecule has 158 valence electrons. The molecule has 0 aromatic carbocycles. The van der Waals surface area contributed by atoms with E-state index in [2.05, 4.69) is 14.7 Å². The minimum atomic E-state index is -5.06. The molecule has 2 heterocycles. The normalized spacial score (nSPS) is 27.2. The van der Waals surface area contributed by atoms with Crippen molar-refractivity contribution in [2.75, 3.05) is 5.73 Å². The van der Waals surface area contributed by atoms with Gasteiger partial charge in [-0.25, -0.2) is 14.4 Å². The Hall–Kier alpha value is -2.57. The molecule has 1 atom stereocenters. The number of rotatable bonds is 4. The van der Waals surface area contributed by atoms with Crippen LogP contribution in [0, 0.1) is 0 Å². The summed E-state index contributed by atoms with van der Waals surface area (Å²) in [5, 5.41) is 9.70. The van der Waals surface area contributed by atoms with Crippen LogP contribution in [-0.4, -0.2) is 37.8 Å². The molecule has 2 bridgehead atoms. The maximum atomic E-state index is 13.9. The van der Waals surface area contributed by atoms with E-state index >= 15 is 0 Å². The largest absolute Gasteiger partial charge is 0.573 e. The third-order valence-corrected chi connectivity index (χ3v) is 5.14. The zero-order valence-electron chi connectivity index (χ0n) is 14.4. The number of nitrogens with zero attached hydrogens (tertiary/aromatic N) is 3. The number of aromatic nitrogens is 3. The highest BCUT2D eigenvalue weighted by atomic mass is 19.4. The number of halogens is 7. The summed E-state index contributed by atoms with van der Waals surface area (Å²) in [4.78, 5) is 7.31. The molecule has 0 amide bonds. The fourth-order valence-electron chi connectivity index (χ4n) is 3.92. The van der Waals surface area contributed by atoms with E-state index in [1.54, 1.807) is 0 Å². The second kappa shape index (κ2) is 5.74. The smallest absolute Gasteiger partial charge is 0.402 e. The van der Waals surface area contributed by atoms with Crippen LogP contribution in [-0.2, 0) is 5.54 Å². The summed E-state index contributed by atoms with van der Waals surface area (Å²) < 4.78 is 95.4. The second-order valence-corrected chi connectivity index (χ2v) is 7.36. The van der Waals surface area contributed by atoms with E-state index < -0.39 is 47.2 Å². The van der Waals surface area contributed by atoms with E-state index in [1.807, 2.05) is 0 Å². The highest BCUT2D eigenvalue weighted by Crippen LogP contribution is 2.68. The molecule has 6 nitrogen and oxygen atoms in total. The quantitative estimate of drug-likeness (QED) is 0.730. The number of imidazole rings is 1. The Morgan fingerprint density at radius 1 is 1.17 bits per heavy atom. The van der Waals surface area contributed by atoms with Crippen molar-refractivity contribution < 1.29 is 40.6 Å². The lowest BCUT2D eigenvalue weighted by Gasteiger charge is -2.66. The second-order valence-electron chi connectivity index (χ2n) is 7.36. The molecular weight excluding hydrogens is 413 g/mol. The zero-order chi connectivity index (χ0) is 21.4. The van der Waals surface area contributed by atoms with Crippen LogP contribution >= 0.6 is 0 Å². The summed E-state index contributed by atoms with van der Waals surface area (Å²) >= 11 is 0. The van der Waals surface area contributed by atoms with Crippen molar-refractivity contribution in [2.24, 2.45) is 0 Å². The number of hydrogen-bond acceptors (Lipinski definition) is 5. The fourth-order valence-corrected chi connectivity index (χ4v) is 3.92. The van der Waals surface area contributed by atoms with Crippen LogP contribution in [0.1, 0.15) is 31.2 Å². The molecule has 29 heavy (non-hydrogen) atoms. The molecule has 0 saturated heterocycles. The van der Waals surface area contributed by atoms with E-state index in [0.717, 1.165) is 23.0 Å². The lowest BCUT2D eigenvalue weighted by molar-refractivity contribution is -0.274. The standard InChI is InChI=1S/C16H13F7N4O2/c17-13-4-14(5-13,6-13)27-3-8(26-12(27)10(28)15(18,19)20)7-1-9(11(24)25-2-7)29-16(21,22)23/h1-3,10,28H,4-6H2,(H2,24,25)/t10-,13?,14?/m0/s1. The van der Waals surface area contributed by atoms with Gasteiger partial charge in [0.1, 0.15) is 11.5 Å². The minimum absolute atomic E-state index is 0.0319. The first-order valence-corrected chi connectivity index (χ1v) is 8.27. The van der Waals surface area contributed by atoms with Crippen LogP contribution in [0.5, 0.6) is 5.75 Å². The molecule has 2 aromatic heterocycles. The Bertz CT molecular complexity index is 949. The summed E-state index contributed by atoms with van der Waals surface area (Å²) in [6.45, 7) is 0. The van der Waals surface area contributed by atoms with Crippen LogP contribution in [0.3, 0.4) is 0 Å². The number of alkyl halides is 7. The Morgan fingerprint density at radius 3 is 2.31 bits per heavy atom. The summed E-state index contributed by atoms with van der Waals surface area (Å²) in [7, 11) is 0. The molecule has 0 aliphatic heterocycles. The highest BCUT2D eigenvalue weighted by Gasteiger charge is 2.71. The van der Waals surface area contributed by atoms with E-state index in [4.69, 9.17) is 5.73 Å². The Morgan fingerprint density at radius 2 is 1.79 bits per heavy atom. The number of nitrogen functional groups attached to an aromatic ring is 1. The van der Waals surface area contributed by atoms with Gasteiger partial charge >= 0.3 is 12.5 Å². The van der Waals surface area contributed by atoms with E-state index in [1.165, 1.54) is 0 Å². The molecule has 2 aromatic rings. The third-order valence-electron chi connectivity index (χ3n) is 5.14. The fraction of sp³-hybridized carbons (Fsp3) is 0.500. The number of pyridine rings is 1. The predicted molar refractivity (Wildman–Crippen MR) is 83.2 cm³/mol. The number of nitrogens with two attached hydrogens (primary N) is 1. The van der Waals surface area contributed by atoms with Crippen LogP contribution in [0.25, 0.3) is 11.3 Å². The van der Waals surface area contributed by atoms with E-state index in [9.17, 15) is 35.8 Å². The molecule has 3 aliphatic carbocycles. The van der Waals surface area contributed by atoms with Crippen LogP contribution < -0.4 is 10.5 Å². The lowest BCUT2D eigenvalue weighted by Crippen LogP contribution is -2.70. The summed E-state index contributed by atoms with van der Waals surface area (Å²) in [6.07, 6.45) is -11.0. The van der Waals surface area contributed by atoms with E-state index in [0.29, 0.717) is 0 Å². The van der Waals surface area contributed by atoms with Gasteiger partial charge in [-0.2, -0.15) is 13.2 Å². The Balaban J connectivity index is 1.76. The van der Waals surface area contributed by atoms with Crippen molar-refractivity contribution in [3.63, 3.8) is 0 Å². The predicted octanol–water partition coefficient (Wildman–Crippen LogP) is 3.62. The zero-order valence-corrected chi connectivity index (χ0v) is 14.4. The van der Waals surface area contributed by atoms with Gasteiger partial charge in [0, 0.05) is 37.2 Å². The van der Waals surface area contributed by atoms with Crippen LogP contribution in [0.2, 0.25) is 0 Å². The summed E-state index contributed by atoms with van der Waals surface area (Å²) in [6, 6.07) is 0.824. The highest BCUT2D eigenvalue weighted by molar-refractivity contribution is 5.64. The van der Waals surface area contributed by atoms with Gasteiger partial charge in [0.2, 0.25) is 6.10 Å². The average Bonchev–Trinajstić information content (AvgIpc) is 2.95. The minimum Gasteiger partial charge on any atom is -0.402 e. The Kier molecular flexibility index (Phi) is 3.90. The van der Waals surface area contributed by atoms with Crippen molar-refractivity contribution in [3.05, 3.63) is 24.3 Å². The topological polar surface area (TPSA) is 86.2 Å².